The molecular weight excluding hydrogens is 438 g/mol. The molecule has 0 radical (unpaired) electrons. The van der Waals surface area contributed by atoms with Gasteiger partial charge in [0, 0.05) is 18.8 Å². The van der Waals surface area contributed by atoms with E-state index in [-0.39, 0.29) is 17.9 Å². The molecule has 2 amide bonds. The number of nitrogens with zero attached hydrogens (tertiary/aromatic N) is 2. The summed E-state index contributed by atoms with van der Waals surface area (Å²) in [4.78, 5) is 33.6. The molecule has 1 saturated carbocycles. The summed E-state index contributed by atoms with van der Waals surface area (Å²) in [7, 11) is 1.60. The Labute approximate surface area is 207 Å². The number of carbonyl (C=O) groups is 2. The lowest BCUT2D eigenvalue weighted by Gasteiger charge is -2.33. The quantitative estimate of drug-likeness (QED) is 0.479. The highest BCUT2D eigenvalue weighted by atomic mass is 16.5. The summed E-state index contributed by atoms with van der Waals surface area (Å²) in [6, 6.07) is 22.0. The first-order chi connectivity index (χ1) is 17.2. The Morgan fingerprint density at radius 3 is 2.49 bits per heavy atom. The third-order valence-electron chi connectivity index (χ3n) is 6.55. The molecule has 0 aliphatic heterocycles. The fraction of sp³-hybridized carbons (Fsp3) is 0.345. The van der Waals surface area contributed by atoms with Crippen LogP contribution in [0.2, 0.25) is 0 Å². The first-order valence-corrected chi connectivity index (χ1v) is 12.4. The van der Waals surface area contributed by atoms with Gasteiger partial charge in [-0.25, -0.2) is 0 Å². The summed E-state index contributed by atoms with van der Waals surface area (Å²) < 4.78 is 5.44. The van der Waals surface area contributed by atoms with Gasteiger partial charge in [0.05, 0.1) is 7.11 Å². The average Bonchev–Trinajstić information content (AvgIpc) is 2.92. The van der Waals surface area contributed by atoms with Crippen LogP contribution < -0.4 is 10.1 Å². The largest absolute Gasteiger partial charge is 0.497 e. The van der Waals surface area contributed by atoms with Gasteiger partial charge in [-0.2, -0.15) is 0 Å². The van der Waals surface area contributed by atoms with Crippen molar-refractivity contribution in [3.8, 4) is 5.75 Å². The Morgan fingerprint density at radius 1 is 1.00 bits per heavy atom. The molecule has 1 aromatic heterocycles. The van der Waals surface area contributed by atoms with Crippen LogP contribution in [-0.2, 0) is 11.2 Å². The number of methoxy groups -OCH3 is 1. The van der Waals surface area contributed by atoms with Crippen LogP contribution in [0.5, 0.6) is 5.75 Å². The van der Waals surface area contributed by atoms with Gasteiger partial charge in [0.2, 0.25) is 5.91 Å². The molecule has 1 fully saturated rings. The highest BCUT2D eigenvalue weighted by Crippen LogP contribution is 2.28. The first-order valence-electron chi connectivity index (χ1n) is 12.4. The van der Waals surface area contributed by atoms with Gasteiger partial charge in [-0.3, -0.25) is 14.6 Å². The molecule has 1 aliphatic carbocycles. The van der Waals surface area contributed by atoms with Gasteiger partial charge in [-0.1, -0.05) is 67.8 Å². The Morgan fingerprint density at radius 2 is 1.77 bits per heavy atom. The molecule has 0 saturated heterocycles. The van der Waals surface area contributed by atoms with Crippen molar-refractivity contribution < 1.29 is 14.3 Å². The van der Waals surface area contributed by atoms with Crippen molar-refractivity contribution >= 4 is 11.8 Å². The van der Waals surface area contributed by atoms with Crippen molar-refractivity contribution in [3.05, 3.63) is 95.8 Å². The average molecular weight is 472 g/mol. The molecule has 35 heavy (non-hydrogen) atoms. The van der Waals surface area contributed by atoms with Crippen LogP contribution >= 0.6 is 0 Å². The number of hydrogen-bond acceptors (Lipinski definition) is 4. The Kier molecular flexibility index (Phi) is 8.49. The zero-order valence-corrected chi connectivity index (χ0v) is 20.2. The van der Waals surface area contributed by atoms with E-state index >= 15 is 0 Å². The van der Waals surface area contributed by atoms with Gasteiger partial charge in [0.15, 0.2) is 0 Å². The van der Waals surface area contributed by atoms with E-state index < -0.39 is 6.04 Å². The topological polar surface area (TPSA) is 71.5 Å². The first kappa shape index (κ1) is 24.5. The fourth-order valence-corrected chi connectivity index (χ4v) is 4.69. The normalized spacial score (nSPS) is 14.7. The summed E-state index contributed by atoms with van der Waals surface area (Å²) in [6.07, 6.45) is 7.58. The lowest BCUT2D eigenvalue weighted by molar-refractivity contribution is -0.126. The molecule has 0 bridgehead atoms. The molecule has 6 nitrogen and oxygen atoms in total. The third kappa shape index (κ3) is 6.47. The minimum absolute atomic E-state index is 0.130. The Balaban J connectivity index is 1.70. The number of benzene rings is 2. The van der Waals surface area contributed by atoms with Gasteiger partial charge in [-0.05, 0) is 54.7 Å². The molecule has 1 heterocycles. The lowest BCUT2D eigenvalue weighted by Crippen LogP contribution is -2.47. The summed E-state index contributed by atoms with van der Waals surface area (Å²) in [5, 5.41) is 3.25. The van der Waals surface area contributed by atoms with E-state index in [1.165, 1.54) is 6.42 Å². The molecule has 0 unspecified atom stereocenters. The predicted octanol–water partition coefficient (Wildman–Crippen LogP) is 4.97. The molecule has 1 atom stereocenters. The van der Waals surface area contributed by atoms with Crippen LogP contribution in [0.3, 0.4) is 0 Å². The number of hydrogen-bond donors (Lipinski definition) is 1. The van der Waals surface area contributed by atoms with E-state index in [4.69, 9.17) is 4.74 Å². The van der Waals surface area contributed by atoms with Crippen LogP contribution in [0, 0.1) is 0 Å². The van der Waals surface area contributed by atoms with Crippen LogP contribution in [0.15, 0.2) is 79.0 Å². The lowest BCUT2D eigenvalue weighted by atomic mass is 9.94. The minimum Gasteiger partial charge on any atom is -0.497 e. The maximum Gasteiger partial charge on any atom is 0.273 e. The molecule has 182 valence electrons. The van der Waals surface area contributed by atoms with Crippen molar-refractivity contribution in [2.45, 2.75) is 50.6 Å². The smallest absolute Gasteiger partial charge is 0.273 e. The van der Waals surface area contributed by atoms with Crippen molar-refractivity contribution in [1.82, 2.24) is 15.2 Å². The standard InChI is InChI=1S/C29H33N3O3/c1-35-25-16-10-13-23(21-25)27(28(33)31-24-14-6-3-7-15-24)32(20-18-22-11-4-2-5-12-22)29(34)26-17-8-9-19-30-26/h2,4-5,8-13,16-17,19,21,24,27H,3,6-7,14-15,18,20H2,1H3,(H,31,33)/t27-/m0/s1. The molecule has 1 aliphatic rings. The predicted molar refractivity (Wildman–Crippen MR) is 136 cm³/mol. The second-order valence-electron chi connectivity index (χ2n) is 8.97. The van der Waals surface area contributed by atoms with Gasteiger partial charge in [0.1, 0.15) is 17.5 Å². The fourth-order valence-electron chi connectivity index (χ4n) is 4.69. The van der Waals surface area contributed by atoms with Crippen LogP contribution in [0.25, 0.3) is 0 Å². The van der Waals surface area contributed by atoms with E-state index in [2.05, 4.69) is 10.3 Å². The van der Waals surface area contributed by atoms with Crippen LogP contribution in [0.1, 0.15) is 59.8 Å². The zero-order valence-electron chi connectivity index (χ0n) is 20.2. The molecule has 2 aromatic carbocycles. The second kappa shape index (κ2) is 12.2. The summed E-state index contributed by atoms with van der Waals surface area (Å²) >= 11 is 0. The molecular formula is C29H33N3O3. The van der Waals surface area contributed by atoms with Gasteiger partial charge < -0.3 is 15.0 Å². The van der Waals surface area contributed by atoms with Crippen LogP contribution in [0.4, 0.5) is 0 Å². The molecule has 4 rings (SSSR count). The maximum absolute atomic E-state index is 13.8. The van der Waals surface area contributed by atoms with E-state index in [1.54, 1.807) is 36.4 Å². The highest BCUT2D eigenvalue weighted by Gasteiger charge is 2.34. The number of pyridine rings is 1. The molecule has 1 N–H and O–H groups in total. The van der Waals surface area contributed by atoms with E-state index in [0.717, 1.165) is 36.8 Å². The maximum atomic E-state index is 13.8. The number of ether oxygens (including phenoxy) is 1. The summed E-state index contributed by atoms with van der Waals surface area (Å²) in [5.74, 6) is 0.210. The zero-order chi connectivity index (χ0) is 24.5. The number of aromatic nitrogens is 1. The van der Waals surface area contributed by atoms with Crippen molar-refractivity contribution in [3.63, 3.8) is 0 Å². The highest BCUT2D eigenvalue weighted by molar-refractivity contribution is 5.96. The number of carbonyl (C=O) groups excluding carboxylic acids is 2. The van der Waals surface area contributed by atoms with E-state index in [9.17, 15) is 9.59 Å². The van der Waals surface area contributed by atoms with Crippen molar-refractivity contribution in [2.24, 2.45) is 0 Å². The summed E-state index contributed by atoms with van der Waals surface area (Å²) in [6.45, 7) is 0.374. The SMILES string of the molecule is COc1cccc([C@@H](C(=O)NC2CCCCC2)N(CCc2ccccc2)C(=O)c2ccccn2)c1. The van der Waals surface area contributed by atoms with Gasteiger partial charge >= 0.3 is 0 Å². The van der Waals surface area contributed by atoms with Crippen molar-refractivity contribution in [2.75, 3.05) is 13.7 Å². The van der Waals surface area contributed by atoms with Gasteiger partial charge in [-0.15, -0.1) is 0 Å². The van der Waals surface area contributed by atoms with Crippen LogP contribution in [-0.4, -0.2) is 41.4 Å². The minimum atomic E-state index is -0.801. The Bertz CT molecular complexity index is 1100. The number of amides is 2. The molecule has 6 heteroatoms. The second-order valence-corrected chi connectivity index (χ2v) is 8.97. The van der Waals surface area contributed by atoms with Gasteiger partial charge in [0.25, 0.3) is 5.91 Å². The van der Waals surface area contributed by atoms with Crippen molar-refractivity contribution in [1.29, 1.82) is 0 Å². The van der Waals surface area contributed by atoms with E-state index in [0.29, 0.717) is 24.4 Å². The van der Waals surface area contributed by atoms with E-state index in [1.807, 2.05) is 54.6 Å². The summed E-state index contributed by atoms with van der Waals surface area (Å²) in [5.41, 5.74) is 2.14. The number of rotatable bonds is 9. The number of nitrogens with one attached hydrogen (secondary N) is 1. The molecule has 3 aromatic rings. The third-order valence-corrected chi connectivity index (χ3v) is 6.55. The molecule has 0 spiro atoms. The monoisotopic (exact) mass is 471 g/mol. The Hall–Kier alpha value is -3.67.